The number of esters is 1. The number of nitrogens with one attached hydrogen (secondary N) is 1. The number of nitrogens with zero attached hydrogens (tertiary/aromatic N) is 1. The predicted molar refractivity (Wildman–Crippen MR) is 86.8 cm³/mol. The monoisotopic (exact) mass is 380 g/mol. The summed E-state index contributed by atoms with van der Waals surface area (Å²) in [6.07, 6.45) is 0.215. The number of hydrogen-bond donors (Lipinski definition) is 1. The second kappa shape index (κ2) is 7.47. The minimum absolute atomic E-state index is 0.0460. The molecule has 1 aromatic rings. The van der Waals surface area contributed by atoms with Crippen LogP contribution in [0.15, 0.2) is 39.3 Å². The van der Waals surface area contributed by atoms with Crippen molar-refractivity contribution in [1.29, 1.82) is 5.26 Å². The molecule has 7 heteroatoms. The molecule has 114 valence electrons. The third-order valence-electron chi connectivity index (χ3n) is 3.19. The number of rotatable bonds is 4. The molecule has 22 heavy (non-hydrogen) atoms. The molecule has 0 bridgehead atoms. The van der Waals surface area contributed by atoms with E-state index in [1.807, 2.05) is 24.3 Å². The van der Waals surface area contributed by atoms with E-state index in [1.165, 1.54) is 7.11 Å². The minimum Gasteiger partial charge on any atom is -0.468 e. The van der Waals surface area contributed by atoms with Crippen molar-refractivity contribution in [3.63, 3.8) is 0 Å². The van der Waals surface area contributed by atoms with Crippen molar-refractivity contribution in [2.45, 2.75) is 12.3 Å². The number of halogens is 1. The minimum atomic E-state index is -0.408. The summed E-state index contributed by atoms with van der Waals surface area (Å²) in [5, 5.41) is 12.6. The first kappa shape index (κ1) is 16.6. The molecule has 0 fully saturated rings. The molecular formula is C15H13BrN2O3S. The van der Waals surface area contributed by atoms with Crippen molar-refractivity contribution in [3.05, 3.63) is 44.9 Å². The maximum absolute atomic E-state index is 11.9. The highest BCUT2D eigenvalue weighted by Crippen LogP contribution is 2.36. The fourth-order valence-electron chi connectivity index (χ4n) is 2.10. The zero-order chi connectivity index (χ0) is 16.1. The Kier molecular flexibility index (Phi) is 5.63. The molecule has 0 spiro atoms. The molecule has 0 unspecified atom stereocenters. The van der Waals surface area contributed by atoms with E-state index in [-0.39, 0.29) is 24.0 Å². The molecule has 1 aliphatic heterocycles. The summed E-state index contributed by atoms with van der Waals surface area (Å²) in [6.45, 7) is 0. The van der Waals surface area contributed by atoms with Crippen LogP contribution in [0.4, 0.5) is 0 Å². The molecule has 1 heterocycles. The number of amides is 1. The highest BCUT2D eigenvalue weighted by Gasteiger charge is 2.29. The van der Waals surface area contributed by atoms with Crippen molar-refractivity contribution in [3.8, 4) is 6.07 Å². The van der Waals surface area contributed by atoms with E-state index in [0.717, 1.165) is 21.8 Å². The van der Waals surface area contributed by atoms with Crippen LogP contribution in [0.1, 0.15) is 17.9 Å². The van der Waals surface area contributed by atoms with Gasteiger partial charge in [-0.1, -0.05) is 39.8 Å². The Morgan fingerprint density at radius 2 is 2.18 bits per heavy atom. The predicted octanol–water partition coefficient (Wildman–Crippen LogP) is 2.69. The lowest BCUT2D eigenvalue weighted by Crippen LogP contribution is -2.31. The van der Waals surface area contributed by atoms with Crippen molar-refractivity contribution in [2.75, 3.05) is 12.9 Å². The SMILES string of the molecule is COC(=O)CSC1=C(C#N)[C@@H](c2ccc(Br)cc2)CC(=O)N1. The third-order valence-corrected chi connectivity index (χ3v) is 4.71. The lowest BCUT2D eigenvalue weighted by atomic mass is 9.87. The van der Waals surface area contributed by atoms with Crippen LogP contribution in [-0.4, -0.2) is 24.7 Å². The van der Waals surface area contributed by atoms with Crippen molar-refractivity contribution in [1.82, 2.24) is 5.32 Å². The highest BCUT2D eigenvalue weighted by molar-refractivity contribution is 9.10. The van der Waals surface area contributed by atoms with Gasteiger partial charge in [0.05, 0.1) is 29.5 Å². The van der Waals surface area contributed by atoms with Gasteiger partial charge in [0.2, 0.25) is 5.91 Å². The van der Waals surface area contributed by atoms with Crippen LogP contribution < -0.4 is 5.32 Å². The summed E-state index contributed by atoms with van der Waals surface area (Å²) in [4.78, 5) is 23.2. The Bertz CT molecular complexity index is 664. The average Bonchev–Trinajstić information content (AvgIpc) is 2.52. The molecule has 0 saturated carbocycles. The molecule has 0 aromatic heterocycles. The zero-order valence-corrected chi connectivity index (χ0v) is 14.2. The smallest absolute Gasteiger partial charge is 0.316 e. The van der Waals surface area contributed by atoms with E-state index in [9.17, 15) is 14.9 Å². The zero-order valence-electron chi connectivity index (χ0n) is 11.8. The quantitative estimate of drug-likeness (QED) is 0.812. The molecule has 1 aliphatic rings. The molecule has 1 atom stereocenters. The molecule has 1 N–H and O–H groups in total. The summed E-state index contributed by atoms with van der Waals surface area (Å²) in [5.74, 6) is -0.828. The molecule has 0 radical (unpaired) electrons. The van der Waals surface area contributed by atoms with Crippen LogP contribution in [0.2, 0.25) is 0 Å². The van der Waals surface area contributed by atoms with E-state index in [1.54, 1.807) is 0 Å². The maximum atomic E-state index is 11.9. The van der Waals surface area contributed by atoms with E-state index in [4.69, 9.17) is 0 Å². The Balaban J connectivity index is 2.32. The van der Waals surface area contributed by atoms with Gasteiger partial charge >= 0.3 is 5.97 Å². The number of methoxy groups -OCH3 is 1. The number of nitriles is 1. The first-order chi connectivity index (χ1) is 10.5. The normalized spacial score (nSPS) is 17.7. The van der Waals surface area contributed by atoms with Gasteiger partial charge in [0.25, 0.3) is 0 Å². The van der Waals surface area contributed by atoms with Gasteiger partial charge in [-0.25, -0.2) is 0 Å². The van der Waals surface area contributed by atoms with E-state index in [2.05, 4.69) is 32.1 Å². The van der Waals surface area contributed by atoms with Gasteiger partial charge in [-0.05, 0) is 17.7 Å². The van der Waals surface area contributed by atoms with Crippen LogP contribution >= 0.6 is 27.7 Å². The number of carbonyl (C=O) groups is 2. The van der Waals surface area contributed by atoms with Crippen molar-refractivity contribution in [2.24, 2.45) is 0 Å². The molecule has 5 nitrogen and oxygen atoms in total. The van der Waals surface area contributed by atoms with Gasteiger partial charge in [-0.15, -0.1) is 0 Å². The van der Waals surface area contributed by atoms with Gasteiger partial charge < -0.3 is 10.1 Å². The van der Waals surface area contributed by atoms with Gasteiger partial charge in [-0.3, -0.25) is 9.59 Å². The van der Waals surface area contributed by atoms with Crippen LogP contribution in [0.25, 0.3) is 0 Å². The molecule has 0 aliphatic carbocycles. The standard InChI is InChI=1S/C15H13BrN2O3S/c1-21-14(20)8-22-15-12(7-17)11(6-13(19)18-15)9-2-4-10(16)5-3-9/h2-5,11H,6,8H2,1H3,(H,18,19)/t11-/m1/s1. The van der Waals surface area contributed by atoms with Crippen LogP contribution in [0.5, 0.6) is 0 Å². The number of thioether (sulfide) groups is 1. The van der Waals surface area contributed by atoms with E-state index in [0.29, 0.717) is 10.6 Å². The number of benzene rings is 1. The molecule has 0 saturated heterocycles. The number of carbonyl (C=O) groups excluding carboxylic acids is 2. The molecule has 1 aromatic carbocycles. The first-order valence-corrected chi connectivity index (χ1v) is 8.22. The number of allylic oxidation sites excluding steroid dienone is 1. The lowest BCUT2D eigenvalue weighted by Gasteiger charge is -2.24. The largest absolute Gasteiger partial charge is 0.468 e. The summed E-state index contributed by atoms with van der Waals surface area (Å²) in [7, 11) is 1.30. The lowest BCUT2D eigenvalue weighted by molar-refractivity contribution is -0.137. The van der Waals surface area contributed by atoms with Crippen molar-refractivity contribution >= 4 is 39.6 Å². The second-order valence-electron chi connectivity index (χ2n) is 4.58. The fraction of sp³-hybridized carbons (Fsp3) is 0.267. The van der Waals surface area contributed by atoms with E-state index < -0.39 is 5.97 Å². The average molecular weight is 381 g/mol. The number of hydrogen-bond acceptors (Lipinski definition) is 5. The fourth-order valence-corrected chi connectivity index (χ4v) is 3.28. The third kappa shape index (κ3) is 3.90. The Morgan fingerprint density at radius 1 is 1.50 bits per heavy atom. The second-order valence-corrected chi connectivity index (χ2v) is 6.48. The summed E-state index contributed by atoms with van der Waals surface area (Å²) in [6, 6.07) is 9.67. The first-order valence-electron chi connectivity index (χ1n) is 6.44. The molecule has 2 rings (SSSR count). The Labute approximate surface area is 140 Å². The number of ether oxygens (including phenoxy) is 1. The van der Waals surface area contributed by atoms with E-state index >= 15 is 0 Å². The van der Waals surface area contributed by atoms with Gasteiger partial charge in [0, 0.05) is 16.8 Å². The van der Waals surface area contributed by atoms with Crippen molar-refractivity contribution < 1.29 is 14.3 Å². The van der Waals surface area contributed by atoms with Gasteiger partial charge in [-0.2, -0.15) is 5.26 Å². The Morgan fingerprint density at radius 3 is 2.77 bits per heavy atom. The van der Waals surface area contributed by atoms with Gasteiger partial charge in [0.1, 0.15) is 0 Å². The maximum Gasteiger partial charge on any atom is 0.316 e. The molecule has 1 amide bonds. The van der Waals surface area contributed by atoms with Gasteiger partial charge in [0.15, 0.2) is 0 Å². The summed E-state index contributed by atoms with van der Waals surface area (Å²) in [5.41, 5.74) is 1.36. The van der Waals surface area contributed by atoms with Crippen LogP contribution in [-0.2, 0) is 14.3 Å². The van der Waals surface area contributed by atoms with Crippen LogP contribution in [0.3, 0.4) is 0 Å². The topological polar surface area (TPSA) is 79.2 Å². The highest BCUT2D eigenvalue weighted by atomic mass is 79.9. The summed E-state index contributed by atoms with van der Waals surface area (Å²) >= 11 is 4.47. The van der Waals surface area contributed by atoms with Crippen LogP contribution in [0, 0.1) is 11.3 Å². The molecular weight excluding hydrogens is 368 g/mol. The summed E-state index contributed by atoms with van der Waals surface area (Å²) < 4.78 is 5.51. The Hall–Kier alpha value is -1.78.